The fraction of sp³-hybridized carbons (Fsp3) is 0.540. The molecule has 1 amide bonds. The van der Waals surface area contributed by atoms with Gasteiger partial charge in [-0.15, -0.1) is 0 Å². The van der Waals surface area contributed by atoms with E-state index in [1.165, 1.54) is 29.2 Å². The number of amides is 1. The third-order valence-corrected chi connectivity index (χ3v) is 19.3. The average Bonchev–Trinajstić information content (AvgIpc) is 4.20. The number of rotatable bonds is 15. The van der Waals surface area contributed by atoms with Gasteiger partial charge in [0, 0.05) is 98.8 Å². The van der Waals surface area contributed by atoms with Gasteiger partial charge in [0.25, 0.3) is 5.56 Å². The molecule has 11 rings (SSSR count). The molecule has 2 aromatic carbocycles. The van der Waals surface area contributed by atoms with Crippen molar-refractivity contribution >= 4 is 46.2 Å². The lowest BCUT2D eigenvalue weighted by molar-refractivity contribution is -0.182. The van der Waals surface area contributed by atoms with Crippen LogP contribution in [0.2, 0.25) is 0 Å². The van der Waals surface area contributed by atoms with E-state index in [9.17, 15) is 33.9 Å². The third kappa shape index (κ3) is 9.52. The maximum absolute atomic E-state index is 13.8. The van der Waals surface area contributed by atoms with Gasteiger partial charge in [-0.05, 0) is 156 Å². The second kappa shape index (κ2) is 21.2. The average molecular weight is 1080 g/mol. The number of benzene rings is 2. The number of allylic oxidation sites excluding steroid dienone is 4. The molecule has 2 saturated carbocycles. The second-order valence-electron chi connectivity index (χ2n) is 24.1. The largest absolute Gasteiger partial charge is 0.458 e. The normalized spacial score (nSPS) is 26.2. The number of carbonyl (C=O) groups is 5. The van der Waals surface area contributed by atoms with Gasteiger partial charge in [0.15, 0.2) is 22.8 Å². The fourth-order valence-electron chi connectivity index (χ4n) is 15.1. The Hall–Kier alpha value is -6.49. The summed E-state index contributed by atoms with van der Waals surface area (Å²) < 4.78 is 19.2. The van der Waals surface area contributed by atoms with Crippen LogP contribution in [0.3, 0.4) is 0 Å². The van der Waals surface area contributed by atoms with Crippen LogP contribution in [0.5, 0.6) is 5.75 Å². The molecular weight excluding hydrogens is 1000 g/mol. The van der Waals surface area contributed by atoms with Crippen LogP contribution in [0.4, 0.5) is 10.5 Å². The number of piperazine rings is 1. The van der Waals surface area contributed by atoms with Crippen LogP contribution in [-0.4, -0.2) is 125 Å². The predicted molar refractivity (Wildman–Crippen MR) is 300 cm³/mol. The van der Waals surface area contributed by atoms with Crippen molar-refractivity contribution < 1.29 is 43.3 Å². The standard InChI is InChI=1S/C63H76N6O10/c1-8-62(76)52-33-54-57-42(35-69(54)58(73)50(52)37-77-59(62)74)32-47-49(36-65(5)6)55(22-21-53(47)64-57)78-60(75)68-29-27-67(28-30-68)26-12-10-9-11-25-66(7)43-16-13-40(14-17-43)48-34-61(4)51(23-24-63(61,38(2)70)79-39(3)71)46-19-15-41-31-44(72)18-20-45(41)56(46)48/h13-14,16-17,21-22,31-33,46,48,51,76H,8-12,15,18-20,23-30,34-37H2,1-7H3/t46-,48?,51-,61-,62-,63-/m0/s1. The number of anilines is 1. The number of cyclic esters (lactones) is 1. The van der Waals surface area contributed by atoms with Gasteiger partial charge in [0.1, 0.15) is 12.4 Å². The summed E-state index contributed by atoms with van der Waals surface area (Å²) in [6, 6.07) is 16.3. The summed E-state index contributed by atoms with van der Waals surface area (Å²) in [6.45, 7) is 12.1. The topological polar surface area (TPSA) is 181 Å². The van der Waals surface area contributed by atoms with Crippen LogP contribution in [0.1, 0.15) is 138 Å². The van der Waals surface area contributed by atoms with Crippen LogP contribution in [0.25, 0.3) is 22.3 Å². The van der Waals surface area contributed by atoms with Gasteiger partial charge in [-0.1, -0.05) is 44.4 Å². The number of aliphatic hydroxyl groups is 1. The number of hydrogen-bond donors (Lipinski definition) is 1. The Morgan fingerprint density at radius 2 is 1.67 bits per heavy atom. The van der Waals surface area contributed by atoms with Crippen molar-refractivity contribution in [2.75, 3.05) is 65.3 Å². The quantitative estimate of drug-likeness (QED) is 0.0776. The van der Waals surface area contributed by atoms with E-state index in [0.29, 0.717) is 61.6 Å². The Kier molecular flexibility index (Phi) is 14.6. The molecule has 1 N–H and O–H groups in total. The Labute approximate surface area is 462 Å². The number of nitrogens with zero attached hydrogens (tertiary/aromatic N) is 6. The zero-order valence-corrected chi connectivity index (χ0v) is 47.1. The van der Waals surface area contributed by atoms with E-state index in [4.69, 9.17) is 19.2 Å². The molecule has 0 bridgehead atoms. The van der Waals surface area contributed by atoms with E-state index in [0.717, 1.165) is 99.7 Å². The lowest BCUT2D eigenvalue weighted by atomic mass is 9.50. The zero-order valence-electron chi connectivity index (χ0n) is 47.1. The van der Waals surface area contributed by atoms with E-state index >= 15 is 0 Å². The summed E-state index contributed by atoms with van der Waals surface area (Å²) >= 11 is 0. The molecule has 1 saturated heterocycles. The number of hydrogen-bond acceptors (Lipinski definition) is 14. The molecule has 0 radical (unpaired) electrons. The summed E-state index contributed by atoms with van der Waals surface area (Å²) in [7, 11) is 6.07. The van der Waals surface area contributed by atoms with Crippen LogP contribution in [0.15, 0.2) is 76.1 Å². The molecule has 16 heteroatoms. The number of carbonyl (C=O) groups excluding carboxylic acids is 5. The number of pyridine rings is 2. The Balaban J connectivity index is 0.674. The lowest BCUT2D eigenvalue weighted by Crippen LogP contribution is -2.57. The van der Waals surface area contributed by atoms with E-state index in [2.05, 4.69) is 48.0 Å². The first kappa shape index (κ1) is 54.5. The van der Waals surface area contributed by atoms with E-state index in [1.54, 1.807) is 35.4 Å². The molecule has 79 heavy (non-hydrogen) atoms. The highest BCUT2D eigenvalue weighted by atomic mass is 16.6. The van der Waals surface area contributed by atoms with Crippen molar-refractivity contribution in [1.82, 2.24) is 24.3 Å². The molecule has 2 aromatic heterocycles. The van der Waals surface area contributed by atoms with Crippen molar-refractivity contribution in [2.45, 2.75) is 142 Å². The first-order chi connectivity index (χ1) is 37.8. The number of unbranched alkanes of at least 4 members (excludes halogenated alkanes) is 3. The smallest absolute Gasteiger partial charge is 0.415 e. The number of ketones is 2. The Bertz CT molecular complexity index is 3280. The Morgan fingerprint density at radius 1 is 0.911 bits per heavy atom. The third-order valence-electron chi connectivity index (χ3n) is 19.3. The molecule has 3 fully saturated rings. The zero-order chi connectivity index (χ0) is 55.7. The molecule has 418 valence electrons. The van der Waals surface area contributed by atoms with E-state index in [1.807, 2.05) is 37.2 Å². The SMILES string of the molecule is CC[C@@]1(O)C(=O)OCc2c1cc1n(c2=O)Cc2cc3c(CN(C)C)c(OC(=O)N4CCN(CCCCCCN(C)c5ccc(C6C[C@@]7(C)[C@@H](CC[C@]7(OC(C)=O)C(C)=O)[C@@H]7CCC8=CC(=O)CCC8=C67)cc5)CC4)ccc3nc2-1. The van der Waals surface area contributed by atoms with Crippen LogP contribution >= 0.6 is 0 Å². The first-order valence-electron chi connectivity index (χ1n) is 28.8. The monoisotopic (exact) mass is 1080 g/mol. The van der Waals surface area contributed by atoms with Gasteiger partial charge in [-0.25, -0.2) is 14.6 Å². The van der Waals surface area contributed by atoms with Crippen LogP contribution < -0.4 is 15.2 Å². The summed E-state index contributed by atoms with van der Waals surface area (Å²) in [4.78, 5) is 92.6. The van der Waals surface area contributed by atoms with Crippen LogP contribution in [0, 0.1) is 17.3 Å². The van der Waals surface area contributed by atoms with Gasteiger partial charge < -0.3 is 38.6 Å². The predicted octanol–water partition coefficient (Wildman–Crippen LogP) is 8.74. The van der Waals surface area contributed by atoms with Gasteiger partial charge in [-0.3, -0.25) is 24.1 Å². The Morgan fingerprint density at radius 3 is 2.39 bits per heavy atom. The van der Waals surface area contributed by atoms with Gasteiger partial charge in [0.2, 0.25) is 0 Å². The minimum Gasteiger partial charge on any atom is -0.458 e. The van der Waals surface area contributed by atoms with Gasteiger partial charge >= 0.3 is 18.0 Å². The van der Waals surface area contributed by atoms with Crippen molar-refractivity contribution in [1.29, 1.82) is 0 Å². The van der Waals surface area contributed by atoms with E-state index in [-0.39, 0.29) is 71.7 Å². The molecule has 3 aliphatic heterocycles. The second-order valence-corrected chi connectivity index (χ2v) is 24.1. The van der Waals surface area contributed by atoms with Crippen molar-refractivity contribution in [3.05, 3.63) is 109 Å². The highest BCUT2D eigenvalue weighted by molar-refractivity contribution is 5.93. The maximum atomic E-state index is 13.8. The van der Waals surface area contributed by atoms with Crippen LogP contribution in [-0.2, 0) is 53.9 Å². The van der Waals surface area contributed by atoms with E-state index < -0.39 is 28.6 Å². The highest BCUT2D eigenvalue weighted by Crippen LogP contribution is 2.68. The first-order valence-corrected chi connectivity index (χ1v) is 28.8. The molecule has 0 spiro atoms. The van der Waals surface area contributed by atoms with Crippen molar-refractivity contribution in [2.24, 2.45) is 17.3 Å². The molecule has 5 heterocycles. The highest BCUT2D eigenvalue weighted by Gasteiger charge is 2.67. The molecular formula is C63H76N6O10. The van der Waals surface area contributed by atoms with Crippen molar-refractivity contribution in [3.8, 4) is 17.1 Å². The number of ether oxygens (including phenoxy) is 3. The lowest BCUT2D eigenvalue weighted by Gasteiger charge is -2.55. The summed E-state index contributed by atoms with van der Waals surface area (Å²) in [6.07, 6.45) is 11.2. The maximum Gasteiger partial charge on any atom is 0.415 e. The van der Waals surface area contributed by atoms with Crippen molar-refractivity contribution in [3.63, 3.8) is 0 Å². The number of fused-ring (bicyclic) bond motifs is 9. The summed E-state index contributed by atoms with van der Waals surface area (Å²) in [5.41, 5.74) is 6.52. The fourth-order valence-corrected chi connectivity index (χ4v) is 15.1. The molecule has 16 nitrogen and oxygen atoms in total. The summed E-state index contributed by atoms with van der Waals surface area (Å²) in [5.74, 6) is 0.00779. The van der Waals surface area contributed by atoms with Gasteiger partial charge in [0.05, 0.1) is 29.0 Å². The number of esters is 2. The van der Waals surface area contributed by atoms with Gasteiger partial charge in [-0.2, -0.15) is 0 Å². The molecule has 6 atom stereocenters. The number of aromatic nitrogens is 2. The molecule has 4 aromatic rings. The molecule has 1 unspecified atom stereocenters. The molecule has 7 aliphatic rings. The number of Topliss-reactive ketones (excluding diaryl/α,β-unsaturated/α-hetero) is 1. The minimum atomic E-state index is -1.91. The minimum absolute atomic E-state index is 0.0578. The summed E-state index contributed by atoms with van der Waals surface area (Å²) in [5, 5.41) is 12.1. The molecule has 4 aliphatic carbocycles.